The standard InChI is InChI=1S/C29H25BrN2O5S/c1-3-4-13-37-21-10-6-8-18(15-21)26(33)24-25(17-7-5-9-19(30)14-17)32(28(35)27(24)34)29-31-22-12-11-20(36-2)16-23(22)38-29/h5-12,14-16,25,33H,3-4,13H2,1-2H3. The fourth-order valence-corrected chi connectivity index (χ4v) is 5.81. The second kappa shape index (κ2) is 11.0. The quantitative estimate of drug-likeness (QED) is 0.104. The number of aliphatic hydroxyl groups excluding tert-OH is 1. The van der Waals surface area contributed by atoms with E-state index in [1.54, 1.807) is 37.4 Å². The van der Waals surface area contributed by atoms with Crippen LogP contribution in [0.4, 0.5) is 5.13 Å². The third kappa shape index (κ3) is 4.91. The Labute approximate surface area is 232 Å². The number of hydrogen-bond donors (Lipinski definition) is 1. The Morgan fingerprint density at radius 2 is 1.89 bits per heavy atom. The number of unbranched alkanes of at least 4 members (excludes halogenated alkanes) is 1. The monoisotopic (exact) mass is 592 g/mol. The van der Waals surface area contributed by atoms with Gasteiger partial charge in [0.1, 0.15) is 17.3 Å². The average Bonchev–Trinajstić information content (AvgIpc) is 3.46. The molecule has 1 amide bonds. The maximum absolute atomic E-state index is 13.5. The topological polar surface area (TPSA) is 89.0 Å². The first-order chi connectivity index (χ1) is 18.4. The molecule has 1 unspecified atom stereocenters. The number of carbonyl (C=O) groups excluding carboxylic acids is 2. The molecule has 1 aliphatic heterocycles. The van der Waals surface area contributed by atoms with Gasteiger partial charge < -0.3 is 14.6 Å². The van der Waals surface area contributed by atoms with Gasteiger partial charge in [0.05, 0.1) is 35.5 Å². The van der Waals surface area contributed by atoms with Crippen molar-refractivity contribution in [2.75, 3.05) is 18.6 Å². The zero-order chi connectivity index (χ0) is 26.8. The van der Waals surface area contributed by atoms with Crippen LogP contribution < -0.4 is 14.4 Å². The lowest BCUT2D eigenvalue weighted by molar-refractivity contribution is -0.132. The highest BCUT2D eigenvalue weighted by Gasteiger charge is 2.48. The van der Waals surface area contributed by atoms with Crippen LogP contribution in [-0.4, -0.2) is 35.5 Å². The number of anilines is 1. The average molecular weight is 593 g/mol. The number of rotatable bonds is 8. The summed E-state index contributed by atoms with van der Waals surface area (Å²) in [5, 5.41) is 11.8. The number of ether oxygens (including phenoxy) is 2. The number of halogens is 1. The van der Waals surface area contributed by atoms with E-state index in [2.05, 4.69) is 27.8 Å². The minimum Gasteiger partial charge on any atom is -0.507 e. The Morgan fingerprint density at radius 3 is 2.66 bits per heavy atom. The minimum absolute atomic E-state index is 0.00403. The second-order valence-electron chi connectivity index (χ2n) is 8.78. The van der Waals surface area contributed by atoms with Crippen molar-refractivity contribution in [1.82, 2.24) is 4.98 Å². The Bertz CT molecular complexity index is 1560. The number of nitrogens with zero attached hydrogens (tertiary/aromatic N) is 2. The third-order valence-electron chi connectivity index (χ3n) is 6.27. The van der Waals surface area contributed by atoms with Crippen LogP contribution in [0, 0.1) is 0 Å². The van der Waals surface area contributed by atoms with Gasteiger partial charge in [0.25, 0.3) is 5.78 Å². The molecule has 1 N–H and O–H groups in total. The molecule has 7 nitrogen and oxygen atoms in total. The van der Waals surface area contributed by atoms with E-state index in [1.807, 2.05) is 36.4 Å². The summed E-state index contributed by atoms with van der Waals surface area (Å²) in [5.41, 5.74) is 1.73. The molecule has 1 fully saturated rings. The maximum atomic E-state index is 13.5. The molecule has 0 radical (unpaired) electrons. The van der Waals surface area contributed by atoms with Gasteiger partial charge in [0.2, 0.25) is 0 Å². The molecule has 194 valence electrons. The first kappa shape index (κ1) is 25.9. The van der Waals surface area contributed by atoms with E-state index < -0.39 is 17.7 Å². The predicted molar refractivity (Wildman–Crippen MR) is 152 cm³/mol. The smallest absolute Gasteiger partial charge is 0.301 e. The van der Waals surface area contributed by atoms with Crippen molar-refractivity contribution in [2.45, 2.75) is 25.8 Å². The van der Waals surface area contributed by atoms with Gasteiger partial charge in [-0.15, -0.1) is 0 Å². The second-order valence-corrected chi connectivity index (χ2v) is 10.7. The van der Waals surface area contributed by atoms with Crippen LogP contribution in [0.2, 0.25) is 0 Å². The van der Waals surface area contributed by atoms with Gasteiger partial charge in [0.15, 0.2) is 5.13 Å². The zero-order valence-corrected chi connectivity index (χ0v) is 23.2. The molecule has 1 aromatic heterocycles. The SMILES string of the molecule is CCCCOc1cccc(C(O)=C2C(=O)C(=O)N(c3nc4ccc(OC)cc4s3)C2c2cccc(Br)c2)c1. The number of benzene rings is 3. The van der Waals surface area contributed by atoms with Crippen molar-refractivity contribution >= 4 is 60.1 Å². The Hall–Kier alpha value is -3.69. The summed E-state index contributed by atoms with van der Waals surface area (Å²) in [6.07, 6.45) is 1.90. The van der Waals surface area contributed by atoms with E-state index >= 15 is 0 Å². The summed E-state index contributed by atoms with van der Waals surface area (Å²) in [6.45, 7) is 2.63. The highest BCUT2D eigenvalue weighted by atomic mass is 79.9. The number of Topliss-reactive ketones (excluding diaryl/α,β-unsaturated/α-hetero) is 1. The fourth-order valence-electron chi connectivity index (χ4n) is 4.37. The molecule has 2 heterocycles. The van der Waals surface area contributed by atoms with Crippen molar-refractivity contribution in [2.24, 2.45) is 0 Å². The molecular weight excluding hydrogens is 568 g/mol. The van der Waals surface area contributed by atoms with E-state index in [1.165, 1.54) is 16.2 Å². The molecule has 9 heteroatoms. The molecule has 1 saturated heterocycles. The summed E-state index contributed by atoms with van der Waals surface area (Å²) >= 11 is 4.77. The van der Waals surface area contributed by atoms with Crippen molar-refractivity contribution in [3.8, 4) is 11.5 Å². The summed E-state index contributed by atoms with van der Waals surface area (Å²) in [5.74, 6) is -0.547. The van der Waals surface area contributed by atoms with Crippen LogP contribution in [-0.2, 0) is 9.59 Å². The molecular formula is C29H25BrN2O5S. The zero-order valence-electron chi connectivity index (χ0n) is 20.8. The first-order valence-electron chi connectivity index (χ1n) is 12.2. The number of hydrogen-bond acceptors (Lipinski definition) is 7. The number of ketones is 1. The third-order valence-corrected chi connectivity index (χ3v) is 7.78. The predicted octanol–water partition coefficient (Wildman–Crippen LogP) is 6.87. The number of methoxy groups -OCH3 is 1. The van der Waals surface area contributed by atoms with Crippen LogP contribution in [0.1, 0.15) is 36.9 Å². The van der Waals surface area contributed by atoms with Crippen molar-refractivity contribution in [3.05, 3.63) is 87.9 Å². The number of carbonyl (C=O) groups is 2. The molecule has 0 aliphatic carbocycles. The van der Waals surface area contributed by atoms with Gasteiger partial charge in [-0.3, -0.25) is 14.5 Å². The Balaban J connectivity index is 1.65. The lowest BCUT2D eigenvalue weighted by Crippen LogP contribution is -2.29. The van der Waals surface area contributed by atoms with Crippen molar-refractivity contribution in [1.29, 1.82) is 0 Å². The van der Waals surface area contributed by atoms with Gasteiger partial charge in [-0.1, -0.05) is 64.9 Å². The van der Waals surface area contributed by atoms with Gasteiger partial charge in [-0.05, 0) is 54.4 Å². The Morgan fingerprint density at radius 1 is 1.08 bits per heavy atom. The fraction of sp³-hybridized carbons (Fsp3) is 0.207. The molecule has 5 rings (SSSR count). The normalized spacial score (nSPS) is 16.8. The number of aromatic nitrogens is 1. The summed E-state index contributed by atoms with van der Waals surface area (Å²) in [4.78, 5) is 33.0. The minimum atomic E-state index is -0.875. The van der Waals surface area contributed by atoms with E-state index in [0.717, 1.165) is 22.0 Å². The van der Waals surface area contributed by atoms with Crippen LogP contribution >= 0.6 is 27.3 Å². The van der Waals surface area contributed by atoms with E-state index in [4.69, 9.17) is 9.47 Å². The van der Waals surface area contributed by atoms with E-state index in [-0.39, 0.29) is 11.3 Å². The first-order valence-corrected chi connectivity index (χ1v) is 13.8. The Kier molecular flexibility index (Phi) is 7.49. The molecule has 4 aromatic rings. The van der Waals surface area contributed by atoms with Gasteiger partial charge in [-0.25, -0.2) is 4.98 Å². The highest BCUT2D eigenvalue weighted by molar-refractivity contribution is 9.10. The molecule has 3 aromatic carbocycles. The summed E-state index contributed by atoms with van der Waals surface area (Å²) < 4.78 is 12.7. The van der Waals surface area contributed by atoms with Crippen molar-refractivity contribution in [3.63, 3.8) is 0 Å². The largest absolute Gasteiger partial charge is 0.507 e. The molecule has 1 atom stereocenters. The highest BCUT2D eigenvalue weighted by Crippen LogP contribution is 2.45. The van der Waals surface area contributed by atoms with Gasteiger partial charge in [-0.2, -0.15) is 0 Å². The van der Waals surface area contributed by atoms with E-state index in [0.29, 0.717) is 39.9 Å². The van der Waals surface area contributed by atoms with Gasteiger partial charge in [0, 0.05) is 10.0 Å². The summed E-state index contributed by atoms with van der Waals surface area (Å²) in [6, 6.07) is 18.8. The van der Waals surface area contributed by atoms with Crippen LogP contribution in [0.15, 0.2) is 76.8 Å². The van der Waals surface area contributed by atoms with E-state index in [9.17, 15) is 14.7 Å². The number of amides is 1. The summed E-state index contributed by atoms with van der Waals surface area (Å²) in [7, 11) is 1.58. The lowest BCUT2D eigenvalue weighted by Gasteiger charge is -2.23. The molecule has 38 heavy (non-hydrogen) atoms. The number of thiazole rings is 1. The van der Waals surface area contributed by atoms with Crippen LogP contribution in [0.5, 0.6) is 11.5 Å². The van der Waals surface area contributed by atoms with Crippen LogP contribution in [0.3, 0.4) is 0 Å². The number of fused-ring (bicyclic) bond motifs is 1. The molecule has 0 spiro atoms. The molecule has 0 bridgehead atoms. The van der Waals surface area contributed by atoms with Crippen LogP contribution in [0.25, 0.3) is 16.0 Å². The molecule has 0 saturated carbocycles. The number of aliphatic hydroxyl groups is 1. The maximum Gasteiger partial charge on any atom is 0.301 e. The lowest BCUT2D eigenvalue weighted by atomic mass is 9.95. The molecule has 1 aliphatic rings. The van der Waals surface area contributed by atoms with Gasteiger partial charge >= 0.3 is 5.91 Å². The van der Waals surface area contributed by atoms with Crippen molar-refractivity contribution < 1.29 is 24.2 Å².